The van der Waals surface area contributed by atoms with Crippen LogP contribution in [0.25, 0.3) is 11.0 Å². The Kier molecular flexibility index (Phi) is 6.54. The maximum Gasteiger partial charge on any atom is 0.290 e. The summed E-state index contributed by atoms with van der Waals surface area (Å²) in [4.78, 5) is 28.7. The minimum absolute atomic E-state index is 0.132. The Morgan fingerprint density at radius 2 is 1.78 bits per heavy atom. The van der Waals surface area contributed by atoms with Crippen LogP contribution in [0.5, 0.6) is 0 Å². The molecule has 1 aromatic heterocycles. The molecular weight excluding hydrogens is 470 g/mol. The van der Waals surface area contributed by atoms with Crippen LogP contribution in [-0.4, -0.2) is 30.1 Å². The van der Waals surface area contributed by atoms with Crippen LogP contribution < -0.4 is 5.43 Å². The number of carbonyl (C=O) groups is 1. The third-order valence-electron chi connectivity index (χ3n) is 5.84. The van der Waals surface area contributed by atoms with Crippen molar-refractivity contribution < 1.29 is 13.9 Å². The molecule has 0 aliphatic carbocycles. The van der Waals surface area contributed by atoms with E-state index in [0.717, 1.165) is 10.0 Å². The Hall–Kier alpha value is -2.44. The summed E-state index contributed by atoms with van der Waals surface area (Å²) in [6, 6.07) is 13.0. The van der Waals surface area contributed by atoms with Crippen LogP contribution in [0, 0.1) is 0 Å². The van der Waals surface area contributed by atoms with Gasteiger partial charge in [-0.15, -0.1) is 0 Å². The smallest absolute Gasteiger partial charge is 0.290 e. The van der Waals surface area contributed by atoms with E-state index in [1.54, 1.807) is 23.1 Å². The highest BCUT2D eigenvalue weighted by Gasteiger charge is 2.42. The van der Waals surface area contributed by atoms with Crippen molar-refractivity contribution in [1.82, 2.24) is 4.90 Å². The average Bonchev–Trinajstić information content (AvgIpc) is 3.04. The molecule has 32 heavy (non-hydrogen) atoms. The summed E-state index contributed by atoms with van der Waals surface area (Å²) in [6.07, 6.45) is 0.811. The lowest BCUT2D eigenvalue weighted by Gasteiger charge is -2.25. The van der Waals surface area contributed by atoms with E-state index in [2.05, 4.69) is 41.9 Å². The van der Waals surface area contributed by atoms with Crippen LogP contribution in [0.1, 0.15) is 73.3 Å². The number of carbonyl (C=O) groups excluding carboxylic acids is 1. The van der Waals surface area contributed by atoms with E-state index in [0.29, 0.717) is 42.0 Å². The standard InChI is InChI=1S/C26H28BrNO4/c1-15(2)17-6-8-18(9-7-17)23-22-24(29)20-14-19(27)10-11-21(20)32-25(22)26(30)28(23)12-5-13-31-16(3)4/h6-11,14-16,23H,5,12-13H2,1-4H3. The second kappa shape index (κ2) is 9.20. The Labute approximate surface area is 196 Å². The number of ether oxygens (including phenoxy) is 1. The molecule has 0 spiro atoms. The van der Waals surface area contributed by atoms with Gasteiger partial charge in [0.05, 0.1) is 23.1 Å². The summed E-state index contributed by atoms with van der Waals surface area (Å²) in [7, 11) is 0. The summed E-state index contributed by atoms with van der Waals surface area (Å²) in [5.74, 6) is 0.300. The van der Waals surface area contributed by atoms with Crippen molar-refractivity contribution in [3.8, 4) is 0 Å². The van der Waals surface area contributed by atoms with E-state index in [1.165, 1.54) is 5.56 Å². The number of rotatable bonds is 7. The van der Waals surface area contributed by atoms with Gasteiger partial charge in [-0.1, -0.05) is 54.0 Å². The molecule has 1 amide bonds. The van der Waals surface area contributed by atoms with E-state index in [4.69, 9.17) is 9.15 Å². The van der Waals surface area contributed by atoms with Crippen LogP contribution in [0.3, 0.4) is 0 Å². The highest BCUT2D eigenvalue weighted by Crippen LogP contribution is 2.38. The number of fused-ring (bicyclic) bond motifs is 2. The summed E-state index contributed by atoms with van der Waals surface area (Å²) in [5.41, 5.74) is 2.80. The average molecular weight is 498 g/mol. The van der Waals surface area contributed by atoms with Crippen LogP contribution >= 0.6 is 15.9 Å². The molecule has 2 aromatic carbocycles. The largest absolute Gasteiger partial charge is 0.450 e. The molecular formula is C26H28BrNO4. The molecule has 168 valence electrons. The third-order valence-corrected chi connectivity index (χ3v) is 6.33. The first-order chi connectivity index (χ1) is 15.3. The summed E-state index contributed by atoms with van der Waals surface area (Å²) < 4.78 is 12.5. The molecule has 0 saturated heterocycles. The quantitative estimate of drug-likeness (QED) is 0.373. The highest BCUT2D eigenvalue weighted by atomic mass is 79.9. The molecule has 0 fully saturated rings. The van der Waals surface area contributed by atoms with Crippen LogP contribution in [0.2, 0.25) is 0 Å². The molecule has 0 radical (unpaired) electrons. The second-order valence-electron chi connectivity index (χ2n) is 8.81. The molecule has 1 unspecified atom stereocenters. The molecule has 2 heterocycles. The first-order valence-corrected chi connectivity index (χ1v) is 11.9. The predicted octanol–water partition coefficient (Wildman–Crippen LogP) is 6.04. The molecule has 3 aromatic rings. The number of hydrogen-bond donors (Lipinski definition) is 0. The van der Waals surface area contributed by atoms with E-state index < -0.39 is 6.04 Å². The number of nitrogens with zero attached hydrogens (tertiary/aromatic N) is 1. The first kappa shape index (κ1) is 22.7. The Balaban J connectivity index is 1.80. The van der Waals surface area contributed by atoms with Gasteiger partial charge in [0.1, 0.15) is 5.58 Å². The Morgan fingerprint density at radius 3 is 2.44 bits per heavy atom. The lowest BCUT2D eigenvalue weighted by Crippen LogP contribution is -2.31. The normalized spacial score (nSPS) is 15.9. The Morgan fingerprint density at radius 1 is 1.06 bits per heavy atom. The van der Waals surface area contributed by atoms with Crippen molar-refractivity contribution in [3.63, 3.8) is 0 Å². The summed E-state index contributed by atoms with van der Waals surface area (Å²) in [5, 5.41) is 0.472. The highest BCUT2D eigenvalue weighted by molar-refractivity contribution is 9.10. The van der Waals surface area contributed by atoms with Gasteiger partial charge in [-0.05, 0) is 55.5 Å². The lowest BCUT2D eigenvalue weighted by molar-refractivity contribution is 0.0593. The fourth-order valence-corrected chi connectivity index (χ4v) is 4.55. The molecule has 0 bridgehead atoms. The minimum Gasteiger partial charge on any atom is -0.450 e. The molecule has 1 aliphatic heterocycles. The topological polar surface area (TPSA) is 59.8 Å². The van der Waals surface area contributed by atoms with E-state index in [-0.39, 0.29) is 23.2 Å². The number of halogens is 1. The van der Waals surface area contributed by atoms with Gasteiger partial charge in [0.2, 0.25) is 5.76 Å². The predicted molar refractivity (Wildman–Crippen MR) is 129 cm³/mol. The number of hydrogen-bond acceptors (Lipinski definition) is 4. The van der Waals surface area contributed by atoms with Crippen LogP contribution in [0.15, 0.2) is 56.1 Å². The fourth-order valence-electron chi connectivity index (χ4n) is 4.19. The molecule has 1 aliphatic rings. The van der Waals surface area contributed by atoms with Gasteiger partial charge in [0.25, 0.3) is 5.91 Å². The number of amides is 1. The molecule has 5 nitrogen and oxygen atoms in total. The molecule has 6 heteroatoms. The number of benzene rings is 2. The van der Waals surface area contributed by atoms with E-state index in [9.17, 15) is 9.59 Å². The maximum absolute atomic E-state index is 13.6. The second-order valence-corrected chi connectivity index (χ2v) is 9.73. The van der Waals surface area contributed by atoms with Crippen molar-refractivity contribution >= 4 is 32.8 Å². The summed E-state index contributed by atoms with van der Waals surface area (Å²) in [6.45, 7) is 9.29. The zero-order valence-corrected chi connectivity index (χ0v) is 20.4. The molecule has 4 rings (SSSR count). The van der Waals surface area contributed by atoms with Gasteiger partial charge in [-0.25, -0.2) is 0 Å². The fraction of sp³-hybridized carbons (Fsp3) is 0.385. The van der Waals surface area contributed by atoms with Gasteiger partial charge in [-0.2, -0.15) is 0 Å². The lowest BCUT2D eigenvalue weighted by atomic mass is 9.95. The van der Waals surface area contributed by atoms with Gasteiger partial charge < -0.3 is 14.1 Å². The van der Waals surface area contributed by atoms with Crippen molar-refractivity contribution in [2.45, 2.75) is 52.2 Å². The molecule has 0 saturated carbocycles. The SMILES string of the molecule is CC(C)OCCCN1C(=O)c2oc3ccc(Br)cc3c(=O)c2C1c1ccc(C(C)C)cc1. The van der Waals surface area contributed by atoms with Crippen molar-refractivity contribution in [2.24, 2.45) is 0 Å². The van der Waals surface area contributed by atoms with Gasteiger partial charge in [0, 0.05) is 17.6 Å². The van der Waals surface area contributed by atoms with E-state index in [1.807, 2.05) is 26.0 Å². The van der Waals surface area contributed by atoms with Gasteiger partial charge in [0.15, 0.2) is 5.43 Å². The first-order valence-electron chi connectivity index (χ1n) is 11.1. The zero-order valence-electron chi connectivity index (χ0n) is 18.9. The molecule has 0 N–H and O–H groups in total. The molecule has 1 atom stereocenters. The minimum atomic E-state index is -0.475. The zero-order chi connectivity index (χ0) is 23.0. The maximum atomic E-state index is 13.6. The van der Waals surface area contributed by atoms with Crippen LogP contribution in [0.4, 0.5) is 0 Å². The van der Waals surface area contributed by atoms with Crippen molar-refractivity contribution in [1.29, 1.82) is 0 Å². The summed E-state index contributed by atoms with van der Waals surface area (Å²) >= 11 is 3.43. The third kappa shape index (κ3) is 4.26. The van der Waals surface area contributed by atoms with Gasteiger partial charge >= 0.3 is 0 Å². The van der Waals surface area contributed by atoms with Crippen LogP contribution in [-0.2, 0) is 4.74 Å². The Bertz CT molecular complexity index is 1200. The van der Waals surface area contributed by atoms with E-state index >= 15 is 0 Å². The van der Waals surface area contributed by atoms with Gasteiger partial charge in [-0.3, -0.25) is 9.59 Å². The van der Waals surface area contributed by atoms with Crippen molar-refractivity contribution in [3.05, 3.63) is 79.6 Å². The van der Waals surface area contributed by atoms with Crippen molar-refractivity contribution in [2.75, 3.05) is 13.2 Å². The monoisotopic (exact) mass is 497 g/mol.